The van der Waals surface area contributed by atoms with Crippen molar-refractivity contribution in [2.24, 2.45) is 0 Å². The molecule has 7 nitrogen and oxygen atoms in total. The summed E-state index contributed by atoms with van der Waals surface area (Å²) in [6, 6.07) is 9.50. The van der Waals surface area contributed by atoms with Gasteiger partial charge in [-0.05, 0) is 49.2 Å². The number of methoxy groups -OCH3 is 2. The first-order valence-electron chi connectivity index (χ1n) is 13.2. The Hall–Kier alpha value is -1.97. The Morgan fingerprint density at radius 2 is 1.08 bits per heavy atom. The number of rotatable bonds is 8. The van der Waals surface area contributed by atoms with E-state index in [-0.39, 0.29) is 0 Å². The van der Waals surface area contributed by atoms with Crippen LogP contribution in [0.1, 0.15) is 11.1 Å². The fourth-order valence-corrected chi connectivity index (χ4v) is 6.69. The van der Waals surface area contributed by atoms with Crippen molar-refractivity contribution in [3.63, 3.8) is 0 Å². The van der Waals surface area contributed by atoms with E-state index in [2.05, 4.69) is 63.0 Å². The van der Waals surface area contributed by atoms with Crippen molar-refractivity contribution in [3.05, 3.63) is 35.4 Å². The maximum Gasteiger partial charge on any atom is 0.0589 e. The van der Waals surface area contributed by atoms with Crippen LogP contribution in [0.3, 0.4) is 0 Å². The highest BCUT2D eigenvalue weighted by atomic mass is 32.2. The Bertz CT molecular complexity index is 967. The molecule has 0 atom stereocenters. The van der Waals surface area contributed by atoms with Crippen molar-refractivity contribution in [2.75, 3.05) is 108 Å². The molecule has 0 aromatic heterocycles. The molecule has 0 saturated carbocycles. The monoisotopic (exact) mass is 511 g/mol. The van der Waals surface area contributed by atoms with E-state index >= 15 is 0 Å². The van der Waals surface area contributed by atoms with Crippen molar-refractivity contribution < 1.29 is 9.47 Å². The molecule has 2 aromatic carbocycles. The van der Waals surface area contributed by atoms with Crippen molar-refractivity contribution >= 4 is 34.5 Å². The molecule has 0 bridgehead atoms. The third-order valence-corrected chi connectivity index (χ3v) is 8.82. The predicted molar refractivity (Wildman–Crippen MR) is 151 cm³/mol. The van der Waals surface area contributed by atoms with Crippen molar-refractivity contribution in [2.45, 2.75) is 23.6 Å². The molecule has 36 heavy (non-hydrogen) atoms. The van der Waals surface area contributed by atoms with E-state index in [0.29, 0.717) is 0 Å². The number of fused-ring (bicyclic) bond motifs is 2. The fraction of sp³-hybridized carbons (Fsp3) is 0.571. The van der Waals surface area contributed by atoms with Gasteiger partial charge in [0.25, 0.3) is 0 Å². The maximum atomic E-state index is 5.26. The zero-order chi connectivity index (χ0) is 25.1. The SMILES string of the molecule is COCCN1CCN(c2cc(C)c3c(c2)Sc2cc(N4CCN(CCOC)CC4)cc(C)c2N3)CC1. The van der Waals surface area contributed by atoms with Crippen molar-refractivity contribution in [3.8, 4) is 0 Å². The molecule has 196 valence electrons. The second-order valence-corrected chi connectivity index (χ2v) is 11.2. The summed E-state index contributed by atoms with van der Waals surface area (Å²) in [5, 5.41) is 3.80. The van der Waals surface area contributed by atoms with Crippen LogP contribution in [0, 0.1) is 13.8 Å². The van der Waals surface area contributed by atoms with Crippen LogP contribution < -0.4 is 15.1 Å². The minimum atomic E-state index is 0.810. The number of benzene rings is 2. The third-order valence-electron chi connectivity index (χ3n) is 7.74. The second-order valence-electron chi connectivity index (χ2n) is 10.1. The first-order chi connectivity index (χ1) is 17.6. The van der Waals surface area contributed by atoms with Gasteiger partial charge in [-0.3, -0.25) is 9.80 Å². The van der Waals surface area contributed by atoms with Crippen molar-refractivity contribution in [1.82, 2.24) is 9.80 Å². The van der Waals surface area contributed by atoms with E-state index in [9.17, 15) is 0 Å². The molecule has 2 aromatic rings. The molecule has 1 N–H and O–H groups in total. The van der Waals surface area contributed by atoms with Gasteiger partial charge in [-0.2, -0.15) is 0 Å². The molecule has 8 heteroatoms. The molecule has 2 saturated heterocycles. The molecular weight excluding hydrogens is 470 g/mol. The minimum Gasteiger partial charge on any atom is -0.383 e. The first-order valence-corrected chi connectivity index (χ1v) is 14.0. The summed E-state index contributed by atoms with van der Waals surface area (Å²) in [4.78, 5) is 12.7. The van der Waals surface area contributed by atoms with Crippen LogP contribution in [0.4, 0.5) is 22.7 Å². The lowest BCUT2D eigenvalue weighted by Crippen LogP contribution is -2.47. The molecule has 3 aliphatic heterocycles. The number of nitrogens with one attached hydrogen (secondary N) is 1. The first kappa shape index (κ1) is 25.7. The number of hydrogen-bond acceptors (Lipinski definition) is 8. The average Bonchev–Trinajstić information content (AvgIpc) is 2.90. The Morgan fingerprint density at radius 3 is 1.47 bits per heavy atom. The van der Waals surface area contributed by atoms with Gasteiger partial charge in [-0.25, -0.2) is 0 Å². The van der Waals surface area contributed by atoms with E-state index in [4.69, 9.17) is 9.47 Å². The zero-order valence-corrected chi connectivity index (χ0v) is 23.1. The molecule has 0 radical (unpaired) electrons. The lowest BCUT2D eigenvalue weighted by atomic mass is 10.1. The Kier molecular flexibility index (Phi) is 8.28. The normalized spacial score (nSPS) is 18.7. The number of aryl methyl sites for hydroxylation is 2. The van der Waals surface area contributed by atoms with E-state index in [1.54, 1.807) is 14.2 Å². The minimum absolute atomic E-state index is 0.810. The van der Waals surface area contributed by atoms with Gasteiger partial charge in [0.1, 0.15) is 0 Å². The van der Waals surface area contributed by atoms with E-state index < -0.39 is 0 Å². The summed E-state index contributed by atoms with van der Waals surface area (Å²) in [7, 11) is 3.57. The van der Waals surface area contributed by atoms with Crippen LogP contribution in [0.5, 0.6) is 0 Å². The van der Waals surface area contributed by atoms with Crippen LogP contribution in [0.15, 0.2) is 34.1 Å². The summed E-state index contributed by atoms with van der Waals surface area (Å²) in [5.41, 5.74) is 7.84. The Labute approximate surface area is 220 Å². The number of hydrogen-bond donors (Lipinski definition) is 1. The van der Waals surface area contributed by atoms with Gasteiger partial charge in [0.2, 0.25) is 0 Å². The van der Waals surface area contributed by atoms with Crippen molar-refractivity contribution in [1.29, 1.82) is 0 Å². The molecule has 3 aliphatic rings. The summed E-state index contributed by atoms with van der Waals surface area (Å²) >= 11 is 1.92. The van der Waals surface area contributed by atoms with Crippen LogP contribution in [0.2, 0.25) is 0 Å². The maximum absolute atomic E-state index is 5.26. The van der Waals surface area contributed by atoms with Crippen LogP contribution in [-0.2, 0) is 9.47 Å². The molecule has 0 aliphatic carbocycles. The fourth-order valence-electron chi connectivity index (χ4n) is 5.46. The number of anilines is 4. The van der Waals surface area contributed by atoms with E-state index in [1.807, 2.05) is 11.8 Å². The third kappa shape index (κ3) is 5.63. The number of piperazine rings is 2. The largest absolute Gasteiger partial charge is 0.383 e. The van der Waals surface area contributed by atoms with Gasteiger partial charge in [-0.1, -0.05) is 11.8 Å². The average molecular weight is 512 g/mol. The highest BCUT2D eigenvalue weighted by Gasteiger charge is 2.25. The number of nitrogens with zero attached hydrogens (tertiary/aromatic N) is 4. The van der Waals surface area contributed by atoms with Gasteiger partial charge in [-0.15, -0.1) is 0 Å². The summed E-state index contributed by atoms with van der Waals surface area (Å²) < 4.78 is 10.5. The van der Waals surface area contributed by atoms with Crippen LogP contribution in [-0.4, -0.2) is 103 Å². The predicted octanol–water partition coefficient (Wildman–Crippen LogP) is 4.05. The smallest absolute Gasteiger partial charge is 0.0589 e. The molecule has 3 heterocycles. The summed E-state index contributed by atoms with van der Waals surface area (Å²) in [6.07, 6.45) is 0. The molecule has 0 spiro atoms. The van der Waals surface area contributed by atoms with Crippen LogP contribution in [0.25, 0.3) is 0 Å². The Balaban J connectivity index is 1.29. The lowest BCUT2D eigenvalue weighted by Gasteiger charge is -2.37. The van der Waals surface area contributed by atoms with Gasteiger partial charge in [0.05, 0.1) is 24.6 Å². The Morgan fingerprint density at radius 1 is 0.667 bits per heavy atom. The standard InChI is InChI=1S/C28H41N5O2S/c1-21-17-23(32-9-5-30(6-10-32)13-15-34-3)19-25-27(21)29-28-22(2)18-24(20-26(28)36-25)33-11-7-31(8-12-33)14-16-35-4/h17-20,29H,5-16H2,1-4H3. The van der Waals surface area contributed by atoms with E-state index in [1.165, 1.54) is 43.7 Å². The molecule has 0 unspecified atom stereocenters. The van der Waals surface area contributed by atoms with Gasteiger partial charge < -0.3 is 24.6 Å². The molecular formula is C28H41N5O2S. The van der Waals surface area contributed by atoms with Gasteiger partial charge in [0.15, 0.2) is 0 Å². The second kappa shape index (κ2) is 11.6. The number of ether oxygens (including phenoxy) is 2. The topological polar surface area (TPSA) is 43.5 Å². The molecule has 5 rings (SSSR count). The summed E-state index contributed by atoms with van der Waals surface area (Å²) in [6.45, 7) is 16.8. The highest BCUT2D eigenvalue weighted by Crippen LogP contribution is 2.49. The van der Waals surface area contributed by atoms with Gasteiger partial charge in [0, 0.05) is 101 Å². The molecule has 2 fully saturated rings. The van der Waals surface area contributed by atoms with Gasteiger partial charge >= 0.3 is 0 Å². The summed E-state index contributed by atoms with van der Waals surface area (Å²) in [5.74, 6) is 0. The highest BCUT2D eigenvalue weighted by molar-refractivity contribution is 7.99. The van der Waals surface area contributed by atoms with E-state index in [0.717, 1.165) is 78.7 Å². The lowest BCUT2D eigenvalue weighted by molar-refractivity contribution is 0.144. The quantitative estimate of drug-likeness (QED) is 0.486. The van der Waals surface area contributed by atoms with Crippen LogP contribution >= 0.6 is 11.8 Å². The zero-order valence-electron chi connectivity index (χ0n) is 22.3. The molecule has 0 amide bonds.